The van der Waals surface area contributed by atoms with Gasteiger partial charge in [0.05, 0.1) is 6.61 Å². The van der Waals surface area contributed by atoms with Gasteiger partial charge in [0.1, 0.15) is 0 Å². The van der Waals surface area contributed by atoms with Crippen molar-refractivity contribution in [1.29, 1.82) is 0 Å². The van der Waals surface area contributed by atoms with E-state index in [2.05, 4.69) is 25.3 Å². The van der Waals surface area contributed by atoms with Gasteiger partial charge >= 0.3 is 0 Å². The van der Waals surface area contributed by atoms with Gasteiger partial charge in [-0.2, -0.15) is 0 Å². The molecule has 5 heteroatoms. The van der Waals surface area contributed by atoms with E-state index < -0.39 is 0 Å². The van der Waals surface area contributed by atoms with Crippen LogP contribution < -0.4 is 0 Å². The number of hydrogen-bond acceptors (Lipinski definition) is 4. The Morgan fingerprint density at radius 1 is 0.600 bits per heavy atom. The van der Waals surface area contributed by atoms with Crippen molar-refractivity contribution < 1.29 is 20.1 Å². The molecule has 2 rings (SSSR count). The molecule has 0 saturated carbocycles. The quantitative estimate of drug-likeness (QED) is 0.170. The summed E-state index contributed by atoms with van der Waals surface area (Å²) < 4.78 is 5.59. The van der Waals surface area contributed by atoms with Crippen molar-refractivity contribution >= 4 is 23.8 Å². The van der Waals surface area contributed by atoms with Crippen LogP contribution in [0.15, 0.2) is 61.7 Å². The van der Waals surface area contributed by atoms with Gasteiger partial charge in [-0.05, 0) is 47.9 Å². The van der Waals surface area contributed by atoms with Crippen molar-refractivity contribution in [3.8, 4) is 0 Å². The molecule has 0 fully saturated rings. The molecule has 35 heavy (non-hydrogen) atoms. The first kappa shape index (κ1) is 33.0. The van der Waals surface area contributed by atoms with Gasteiger partial charge in [-0.3, -0.25) is 0 Å². The Kier molecular flexibility index (Phi) is 23.8. The monoisotopic (exact) mass is 504 g/mol. The van der Waals surface area contributed by atoms with Crippen LogP contribution in [-0.2, 0) is 17.2 Å². The van der Waals surface area contributed by atoms with Crippen LogP contribution in [-0.4, -0.2) is 41.7 Å². The summed E-state index contributed by atoms with van der Waals surface area (Å²) in [5.74, 6) is 0.581. The van der Waals surface area contributed by atoms with Gasteiger partial charge < -0.3 is 20.1 Å². The Morgan fingerprint density at radius 2 is 1.00 bits per heavy atom. The molecule has 196 valence electrons. The second-order valence-electron chi connectivity index (χ2n) is 8.08. The molecule has 2 aromatic carbocycles. The summed E-state index contributed by atoms with van der Waals surface area (Å²) in [5.41, 5.74) is 4.62. The van der Waals surface area contributed by atoms with E-state index in [0.29, 0.717) is 19.1 Å². The van der Waals surface area contributed by atoms with E-state index in [0.717, 1.165) is 74.7 Å². The van der Waals surface area contributed by atoms with Gasteiger partial charge in [-0.1, -0.05) is 99.5 Å². The fourth-order valence-electron chi connectivity index (χ4n) is 2.93. The summed E-state index contributed by atoms with van der Waals surface area (Å²) >= 11 is 5.60. The smallest absolute Gasteiger partial charge is 0.0716 e. The van der Waals surface area contributed by atoms with Gasteiger partial charge in [-0.15, -0.1) is 11.6 Å². The molecule has 0 aliphatic carbocycles. The number of ether oxygens (including phenoxy) is 1. The molecule has 4 nitrogen and oxygen atoms in total. The number of rotatable bonds is 16. The molecular weight excluding hydrogens is 460 g/mol. The third-order valence-electron chi connectivity index (χ3n) is 5.12. The predicted octanol–water partition coefficient (Wildman–Crippen LogP) is 7.00. The zero-order chi connectivity index (χ0) is 26.0. The molecule has 0 saturated heterocycles. The fourth-order valence-corrected chi connectivity index (χ4v) is 3.11. The Bertz CT molecular complexity index is 723. The predicted molar refractivity (Wildman–Crippen MR) is 150 cm³/mol. The number of aliphatic hydroxyl groups excluding tert-OH is 3. The van der Waals surface area contributed by atoms with Gasteiger partial charge in [0.15, 0.2) is 0 Å². The third-order valence-corrected chi connectivity index (χ3v) is 5.43. The van der Waals surface area contributed by atoms with Crippen molar-refractivity contribution in [3.05, 3.63) is 83.9 Å². The average Bonchev–Trinajstić information content (AvgIpc) is 2.92. The third kappa shape index (κ3) is 20.0. The first-order valence-electron chi connectivity index (χ1n) is 12.5. The molecule has 0 atom stereocenters. The molecule has 0 heterocycles. The van der Waals surface area contributed by atoms with E-state index in [-0.39, 0.29) is 13.2 Å². The highest BCUT2D eigenvalue weighted by Crippen LogP contribution is 2.08. The first-order chi connectivity index (χ1) is 17.1. The SMILES string of the molecule is C=Cc1ccc(CCl)cc1.C=Cc1ccc(COCCCCCCO)cc1.OCCCCCCO. The van der Waals surface area contributed by atoms with Crippen LogP contribution in [0.2, 0.25) is 0 Å². The molecule has 0 unspecified atom stereocenters. The van der Waals surface area contributed by atoms with Crippen LogP contribution in [0.1, 0.15) is 73.6 Å². The maximum absolute atomic E-state index is 8.62. The largest absolute Gasteiger partial charge is 0.396 e. The minimum absolute atomic E-state index is 0.283. The minimum atomic E-state index is 0.283. The van der Waals surface area contributed by atoms with Crippen molar-refractivity contribution in [2.75, 3.05) is 26.4 Å². The number of halogens is 1. The molecule has 3 N–H and O–H groups in total. The Hall–Kier alpha value is -1.95. The number of benzene rings is 2. The molecule has 0 aliphatic rings. The van der Waals surface area contributed by atoms with Crippen LogP contribution in [0.25, 0.3) is 12.2 Å². The fraction of sp³-hybridized carbons (Fsp3) is 0.467. The zero-order valence-corrected chi connectivity index (χ0v) is 22.0. The molecule has 0 aromatic heterocycles. The van der Waals surface area contributed by atoms with E-state index in [9.17, 15) is 0 Å². The highest BCUT2D eigenvalue weighted by Gasteiger charge is 1.94. The molecule has 2 aromatic rings. The van der Waals surface area contributed by atoms with Gasteiger partial charge in [0.25, 0.3) is 0 Å². The van der Waals surface area contributed by atoms with Crippen LogP contribution in [0.4, 0.5) is 0 Å². The summed E-state index contributed by atoms with van der Waals surface area (Å²) in [6.07, 6.45) is 11.7. The lowest BCUT2D eigenvalue weighted by Gasteiger charge is -2.04. The summed E-state index contributed by atoms with van der Waals surface area (Å²) in [4.78, 5) is 0. The summed E-state index contributed by atoms with van der Waals surface area (Å²) in [7, 11) is 0. The average molecular weight is 505 g/mol. The molecule has 0 bridgehead atoms. The number of hydrogen-bond donors (Lipinski definition) is 3. The van der Waals surface area contributed by atoms with Crippen molar-refractivity contribution in [3.63, 3.8) is 0 Å². The highest BCUT2D eigenvalue weighted by atomic mass is 35.5. The van der Waals surface area contributed by atoms with E-state index in [1.807, 2.05) is 48.6 Å². The van der Waals surface area contributed by atoms with E-state index in [4.69, 9.17) is 31.7 Å². The standard InChI is InChI=1S/C15H22O2.C9H9Cl.C6H14O2/c1-2-14-7-9-15(10-8-14)13-17-12-6-4-3-5-11-16;1-2-8-3-5-9(7-10)6-4-8;7-5-3-1-2-4-6-8/h2,7-10,16H,1,3-6,11-13H2;2-6H,1,7H2;7-8H,1-6H2. The van der Waals surface area contributed by atoms with Crippen molar-refractivity contribution in [2.45, 2.75) is 63.9 Å². The van der Waals surface area contributed by atoms with Crippen LogP contribution in [0, 0.1) is 0 Å². The summed E-state index contributed by atoms with van der Waals surface area (Å²) in [6, 6.07) is 16.3. The maximum Gasteiger partial charge on any atom is 0.0716 e. The number of unbranched alkanes of at least 4 members (excludes halogenated alkanes) is 6. The summed E-state index contributed by atoms with van der Waals surface area (Å²) in [6.45, 7) is 9.72. The Morgan fingerprint density at radius 3 is 1.37 bits per heavy atom. The molecule has 0 radical (unpaired) electrons. The van der Waals surface area contributed by atoms with Crippen molar-refractivity contribution in [2.24, 2.45) is 0 Å². The van der Waals surface area contributed by atoms with Gasteiger partial charge in [-0.25, -0.2) is 0 Å². The molecule has 0 amide bonds. The first-order valence-corrected chi connectivity index (χ1v) is 13.1. The maximum atomic E-state index is 8.62. The normalized spacial score (nSPS) is 9.94. The second-order valence-corrected chi connectivity index (χ2v) is 8.34. The van der Waals surface area contributed by atoms with Crippen LogP contribution >= 0.6 is 11.6 Å². The Labute approximate surface area is 217 Å². The number of aliphatic hydroxyl groups is 3. The van der Waals surface area contributed by atoms with E-state index >= 15 is 0 Å². The van der Waals surface area contributed by atoms with Gasteiger partial charge in [0.2, 0.25) is 0 Å². The highest BCUT2D eigenvalue weighted by molar-refractivity contribution is 6.17. The Balaban J connectivity index is 0.000000545. The topological polar surface area (TPSA) is 69.9 Å². The second kappa shape index (κ2) is 25.2. The van der Waals surface area contributed by atoms with E-state index in [1.54, 1.807) is 0 Å². The van der Waals surface area contributed by atoms with Crippen LogP contribution in [0.5, 0.6) is 0 Å². The lowest BCUT2D eigenvalue weighted by molar-refractivity contribution is 0.116. The van der Waals surface area contributed by atoms with Gasteiger partial charge in [0, 0.05) is 32.3 Å². The minimum Gasteiger partial charge on any atom is -0.396 e. The van der Waals surface area contributed by atoms with Crippen molar-refractivity contribution in [1.82, 2.24) is 0 Å². The van der Waals surface area contributed by atoms with Crippen LogP contribution in [0.3, 0.4) is 0 Å². The van der Waals surface area contributed by atoms with E-state index in [1.165, 1.54) is 5.56 Å². The lowest BCUT2D eigenvalue weighted by atomic mass is 10.1. The lowest BCUT2D eigenvalue weighted by Crippen LogP contribution is -1.96. The zero-order valence-electron chi connectivity index (χ0n) is 21.2. The molecular formula is C30H45ClO4. The molecule has 0 spiro atoms. The number of alkyl halides is 1. The molecule has 0 aliphatic heterocycles. The summed E-state index contributed by atoms with van der Waals surface area (Å²) in [5, 5.41) is 25.2.